The monoisotopic (exact) mass is 550 g/mol. The number of nitrogens with one attached hydrogen (secondary N) is 1. The molecule has 1 aromatic heterocycles. The van der Waals surface area contributed by atoms with Gasteiger partial charge in [0.2, 0.25) is 5.91 Å². The molecule has 1 amide bonds. The lowest BCUT2D eigenvalue weighted by atomic mass is 9.97. The molecule has 10 nitrogen and oxygen atoms in total. The normalized spacial score (nSPS) is 12.3. The van der Waals surface area contributed by atoms with Crippen molar-refractivity contribution in [3.05, 3.63) is 93.0 Å². The molecule has 39 heavy (non-hydrogen) atoms. The van der Waals surface area contributed by atoms with E-state index >= 15 is 0 Å². The number of ketones is 1. The Balaban J connectivity index is 2.13. The number of carbonyl (C=O) groups is 3. The molecule has 11 heteroatoms. The molecule has 1 heterocycles. The Morgan fingerprint density at radius 3 is 2.41 bits per heavy atom. The van der Waals surface area contributed by atoms with Gasteiger partial charge in [0.25, 0.3) is 5.56 Å². The van der Waals surface area contributed by atoms with Crippen LogP contribution < -0.4 is 21.3 Å². The Morgan fingerprint density at radius 2 is 1.85 bits per heavy atom. The van der Waals surface area contributed by atoms with Crippen LogP contribution in [0.4, 0.5) is 5.69 Å². The first-order valence-electron chi connectivity index (χ1n) is 11.7. The average molecular weight is 551 g/mol. The van der Waals surface area contributed by atoms with Gasteiger partial charge in [-0.25, -0.2) is 4.79 Å². The molecule has 0 radical (unpaired) electrons. The number of ether oxygens (including phenoxy) is 1. The molecule has 0 aliphatic heterocycles. The van der Waals surface area contributed by atoms with Crippen molar-refractivity contribution in [3.63, 3.8) is 0 Å². The van der Waals surface area contributed by atoms with Gasteiger partial charge in [0.1, 0.15) is 11.8 Å². The Hall–Kier alpha value is -4.70. The summed E-state index contributed by atoms with van der Waals surface area (Å²) in [5.41, 5.74) is 7.16. The van der Waals surface area contributed by atoms with E-state index in [2.05, 4.69) is 10.3 Å². The minimum Gasteiger partial charge on any atom is -0.495 e. The molecule has 1 atom stereocenters. The van der Waals surface area contributed by atoms with E-state index in [4.69, 9.17) is 27.2 Å². The van der Waals surface area contributed by atoms with Gasteiger partial charge in [-0.15, -0.1) is 0 Å². The standard InChI is InChI=1S/C28H27ClN4O6/c1-16(34)21-9-6-19(29)11-22(21)23-12-26(35)33(15-25(23)39-3)24(10-17(13-30)14-31-2)27(36)32-20-7-4-18(5-8-20)28(37)38/h4-9,11-15,24H,10,30H2,1-3H3,(H,32,36)(H,37,38)/t24-/m0/s1. The molecular weight excluding hydrogens is 524 g/mol. The van der Waals surface area contributed by atoms with Gasteiger partial charge in [-0.1, -0.05) is 11.6 Å². The molecule has 2 aromatic carbocycles. The number of pyridine rings is 1. The van der Waals surface area contributed by atoms with Crippen LogP contribution >= 0.6 is 11.6 Å². The fraction of sp³-hybridized carbons (Fsp3) is 0.179. The number of hydrogen-bond donors (Lipinski definition) is 3. The summed E-state index contributed by atoms with van der Waals surface area (Å²) in [6.07, 6.45) is 4.16. The van der Waals surface area contributed by atoms with Gasteiger partial charge < -0.3 is 20.9 Å². The van der Waals surface area contributed by atoms with Crippen LogP contribution in [0, 0.1) is 0 Å². The highest BCUT2D eigenvalue weighted by molar-refractivity contribution is 6.31. The summed E-state index contributed by atoms with van der Waals surface area (Å²) in [6.45, 7) is 1.40. The number of benzene rings is 2. The summed E-state index contributed by atoms with van der Waals surface area (Å²) < 4.78 is 6.77. The zero-order chi connectivity index (χ0) is 28.7. The summed E-state index contributed by atoms with van der Waals surface area (Å²) in [6, 6.07) is 10.5. The van der Waals surface area contributed by atoms with Crippen molar-refractivity contribution in [1.82, 2.24) is 4.57 Å². The predicted molar refractivity (Wildman–Crippen MR) is 150 cm³/mol. The van der Waals surface area contributed by atoms with Crippen LogP contribution in [0.5, 0.6) is 5.75 Å². The van der Waals surface area contributed by atoms with E-state index in [1.165, 1.54) is 67.5 Å². The number of aliphatic imine (C=N–C) groups is 1. The van der Waals surface area contributed by atoms with Gasteiger partial charge in [-0.2, -0.15) is 0 Å². The molecule has 0 bridgehead atoms. The van der Waals surface area contributed by atoms with E-state index in [0.717, 1.165) is 0 Å². The lowest BCUT2D eigenvalue weighted by Crippen LogP contribution is -2.33. The molecule has 0 spiro atoms. The van der Waals surface area contributed by atoms with E-state index in [0.29, 0.717) is 33.0 Å². The molecule has 0 saturated carbocycles. The van der Waals surface area contributed by atoms with Crippen molar-refractivity contribution in [2.45, 2.75) is 19.4 Å². The number of carboxylic acid groups (broad SMARTS) is 1. The van der Waals surface area contributed by atoms with Gasteiger partial charge in [-0.05, 0) is 66.7 Å². The van der Waals surface area contributed by atoms with E-state index < -0.39 is 23.5 Å². The van der Waals surface area contributed by atoms with Crippen LogP contribution in [0.2, 0.25) is 5.02 Å². The number of allylic oxidation sites excluding steroid dienone is 1. The first kappa shape index (κ1) is 28.9. The molecule has 3 rings (SSSR count). The van der Waals surface area contributed by atoms with Crippen LogP contribution in [-0.4, -0.2) is 47.7 Å². The SMILES string of the molecule is CN=CC(=CN)C[C@@H](C(=O)Nc1ccc(C(=O)O)cc1)n1cc(OC)c(-c2cc(Cl)ccc2C(C)=O)cc1=O. The quantitative estimate of drug-likeness (QED) is 0.252. The maximum absolute atomic E-state index is 13.5. The van der Waals surface area contributed by atoms with Crippen molar-refractivity contribution in [2.24, 2.45) is 10.7 Å². The summed E-state index contributed by atoms with van der Waals surface area (Å²) in [5, 5.41) is 12.2. The maximum Gasteiger partial charge on any atom is 0.335 e. The zero-order valence-corrected chi connectivity index (χ0v) is 22.2. The van der Waals surface area contributed by atoms with Gasteiger partial charge >= 0.3 is 5.97 Å². The van der Waals surface area contributed by atoms with Gasteiger partial charge in [0, 0.05) is 47.6 Å². The maximum atomic E-state index is 13.5. The minimum atomic E-state index is -1.10. The smallest absolute Gasteiger partial charge is 0.335 e. The molecule has 0 aliphatic rings. The zero-order valence-electron chi connectivity index (χ0n) is 21.5. The van der Waals surface area contributed by atoms with Crippen LogP contribution in [0.25, 0.3) is 11.1 Å². The minimum absolute atomic E-state index is 0.00511. The molecule has 0 fully saturated rings. The largest absolute Gasteiger partial charge is 0.495 e. The van der Waals surface area contributed by atoms with Gasteiger partial charge in [0.05, 0.1) is 18.9 Å². The molecule has 202 valence electrons. The number of hydrogen-bond acceptors (Lipinski definition) is 7. The Bertz CT molecular complexity index is 1530. The summed E-state index contributed by atoms with van der Waals surface area (Å²) in [7, 11) is 2.95. The van der Waals surface area contributed by atoms with Crippen LogP contribution in [-0.2, 0) is 4.79 Å². The average Bonchev–Trinajstić information content (AvgIpc) is 2.91. The number of nitrogens with two attached hydrogens (primary N) is 1. The second-order valence-corrected chi connectivity index (χ2v) is 8.90. The van der Waals surface area contributed by atoms with Crippen LogP contribution in [0.15, 0.2) is 76.3 Å². The number of amides is 1. The number of aromatic carboxylic acids is 1. The Labute approximate surface area is 229 Å². The topological polar surface area (TPSA) is 153 Å². The molecule has 3 aromatic rings. The second kappa shape index (κ2) is 12.7. The fourth-order valence-electron chi connectivity index (χ4n) is 3.98. The van der Waals surface area contributed by atoms with Crippen molar-refractivity contribution < 1.29 is 24.2 Å². The third kappa shape index (κ3) is 6.79. The highest BCUT2D eigenvalue weighted by Gasteiger charge is 2.25. The number of Topliss-reactive ketones (excluding diaryl/α,β-unsaturated/α-hetero) is 1. The van der Waals surface area contributed by atoms with E-state index in [1.807, 2.05) is 0 Å². The molecule has 0 saturated heterocycles. The summed E-state index contributed by atoms with van der Waals surface area (Å²) in [5.74, 6) is -1.67. The van der Waals surface area contributed by atoms with E-state index in [-0.39, 0.29) is 23.5 Å². The second-order valence-electron chi connectivity index (χ2n) is 8.47. The van der Waals surface area contributed by atoms with E-state index in [1.54, 1.807) is 25.2 Å². The van der Waals surface area contributed by atoms with Gasteiger partial charge in [0.15, 0.2) is 5.78 Å². The number of halogens is 1. The lowest BCUT2D eigenvalue weighted by Gasteiger charge is -2.22. The lowest BCUT2D eigenvalue weighted by molar-refractivity contribution is -0.119. The highest BCUT2D eigenvalue weighted by Crippen LogP contribution is 2.34. The number of nitrogens with zero attached hydrogens (tertiary/aromatic N) is 2. The van der Waals surface area contributed by atoms with Crippen LogP contribution in [0.1, 0.15) is 40.1 Å². The van der Waals surface area contributed by atoms with Crippen molar-refractivity contribution in [1.29, 1.82) is 0 Å². The third-order valence-corrected chi connectivity index (χ3v) is 6.13. The van der Waals surface area contributed by atoms with Gasteiger partial charge in [-0.3, -0.25) is 23.9 Å². The number of methoxy groups -OCH3 is 1. The van der Waals surface area contributed by atoms with Crippen molar-refractivity contribution in [3.8, 4) is 16.9 Å². The number of carbonyl (C=O) groups excluding carboxylic acids is 2. The molecule has 0 aliphatic carbocycles. The molecular formula is C28H27ClN4O6. The number of carboxylic acids is 1. The molecule has 4 N–H and O–H groups in total. The van der Waals surface area contributed by atoms with Crippen molar-refractivity contribution in [2.75, 3.05) is 19.5 Å². The van der Waals surface area contributed by atoms with Crippen LogP contribution in [0.3, 0.4) is 0 Å². The van der Waals surface area contributed by atoms with Crippen molar-refractivity contribution >= 4 is 41.2 Å². The summed E-state index contributed by atoms with van der Waals surface area (Å²) >= 11 is 6.19. The first-order valence-corrected chi connectivity index (χ1v) is 12.1. The Morgan fingerprint density at radius 1 is 1.15 bits per heavy atom. The number of aromatic nitrogens is 1. The predicted octanol–water partition coefficient (Wildman–Crippen LogP) is 4.19. The Kier molecular flexibility index (Phi) is 9.40. The summed E-state index contributed by atoms with van der Waals surface area (Å²) in [4.78, 5) is 54.3. The fourth-order valence-corrected chi connectivity index (χ4v) is 4.16. The highest BCUT2D eigenvalue weighted by atomic mass is 35.5. The molecule has 0 unspecified atom stereocenters. The number of rotatable bonds is 10. The van der Waals surface area contributed by atoms with E-state index in [9.17, 15) is 19.2 Å². The third-order valence-electron chi connectivity index (χ3n) is 5.89. The first-order chi connectivity index (χ1) is 18.6. The number of anilines is 1.